The Morgan fingerprint density at radius 3 is 1.37 bits per heavy atom. The molecule has 0 aliphatic heterocycles. The molecule has 0 aliphatic rings. The summed E-state index contributed by atoms with van der Waals surface area (Å²) in [5.41, 5.74) is 13.0. The van der Waals surface area contributed by atoms with Gasteiger partial charge in [0.1, 0.15) is 0 Å². The Kier molecular flexibility index (Phi) is 8.24. The number of aryl methyl sites for hydroxylation is 2. The average Bonchev–Trinajstić information content (AvgIpc) is 3.40. The van der Waals surface area contributed by atoms with Crippen LogP contribution in [0, 0.1) is 13.8 Å². The lowest BCUT2D eigenvalue weighted by Crippen LogP contribution is -1.94. The number of nitrogens with zero attached hydrogens (tertiary/aromatic N) is 1. The zero-order chi connectivity index (χ0) is 29.8. The van der Waals surface area contributed by atoms with E-state index in [1.54, 1.807) is 0 Å². The third kappa shape index (κ3) is 5.76. The van der Waals surface area contributed by atoms with E-state index in [-0.39, 0.29) is 0 Å². The molecule has 1 heteroatoms. The number of hydrogen-bond donors (Lipinski definition) is 0. The van der Waals surface area contributed by atoms with Gasteiger partial charge in [-0.15, -0.1) is 0 Å². The standard InChI is InChI=1S/C28H25N.C14H14/c1-3-20(2)21-12-14-22(15-13-21)23-16-18-24(19-17-23)29-27-10-6-4-8-25(27)26-9-5-7-11-28(26)29;1-11-7-3-5-9-13(11)14-10-6-4-8-12(14)2/h4-20H,3H2,1-2H3;3-10H,1-2H3. The van der Waals surface area contributed by atoms with Crippen LogP contribution in [0.25, 0.3) is 49.7 Å². The highest BCUT2D eigenvalue weighted by molar-refractivity contribution is 6.09. The minimum atomic E-state index is 0.613. The van der Waals surface area contributed by atoms with Crippen LogP contribution in [-0.4, -0.2) is 4.57 Å². The fraction of sp³-hybridized carbons (Fsp3) is 0.143. The Hall–Kier alpha value is -4.88. The smallest absolute Gasteiger partial charge is 0.0541 e. The minimum absolute atomic E-state index is 0.613. The van der Waals surface area contributed by atoms with Crippen molar-refractivity contribution in [1.29, 1.82) is 0 Å². The molecule has 0 aliphatic carbocycles. The van der Waals surface area contributed by atoms with E-state index >= 15 is 0 Å². The number of hydrogen-bond acceptors (Lipinski definition) is 0. The molecule has 1 heterocycles. The van der Waals surface area contributed by atoms with Gasteiger partial charge in [0.05, 0.1) is 11.0 Å². The molecule has 0 amide bonds. The van der Waals surface area contributed by atoms with Crippen molar-refractivity contribution in [3.05, 3.63) is 162 Å². The highest BCUT2D eigenvalue weighted by atomic mass is 15.0. The van der Waals surface area contributed by atoms with Gasteiger partial charge >= 0.3 is 0 Å². The molecule has 1 aromatic heterocycles. The molecule has 7 aromatic rings. The first-order valence-electron chi connectivity index (χ1n) is 15.4. The number of aromatic nitrogens is 1. The van der Waals surface area contributed by atoms with Crippen LogP contribution in [0.4, 0.5) is 0 Å². The Labute approximate surface area is 256 Å². The van der Waals surface area contributed by atoms with Gasteiger partial charge in [-0.1, -0.05) is 135 Å². The first kappa shape index (κ1) is 28.2. The second-order valence-electron chi connectivity index (χ2n) is 11.5. The number of para-hydroxylation sites is 2. The maximum atomic E-state index is 2.36. The first-order chi connectivity index (χ1) is 21.0. The van der Waals surface area contributed by atoms with Crippen LogP contribution in [0.2, 0.25) is 0 Å². The monoisotopic (exact) mass is 557 g/mol. The topological polar surface area (TPSA) is 4.93 Å². The Bertz CT molecular complexity index is 1880. The highest BCUT2D eigenvalue weighted by Crippen LogP contribution is 2.33. The van der Waals surface area contributed by atoms with Gasteiger partial charge in [0.2, 0.25) is 0 Å². The van der Waals surface area contributed by atoms with Gasteiger partial charge in [0, 0.05) is 16.5 Å². The van der Waals surface area contributed by atoms with E-state index in [2.05, 4.69) is 178 Å². The molecule has 43 heavy (non-hydrogen) atoms. The molecule has 0 spiro atoms. The van der Waals surface area contributed by atoms with Crippen LogP contribution >= 0.6 is 0 Å². The van der Waals surface area contributed by atoms with Gasteiger partial charge < -0.3 is 4.57 Å². The Morgan fingerprint density at radius 1 is 0.488 bits per heavy atom. The van der Waals surface area contributed by atoms with Crippen LogP contribution < -0.4 is 0 Å². The lowest BCUT2D eigenvalue weighted by Gasteiger charge is -2.11. The molecule has 0 bridgehead atoms. The van der Waals surface area contributed by atoms with Crippen molar-refractivity contribution in [3.63, 3.8) is 0 Å². The summed E-state index contributed by atoms with van der Waals surface area (Å²) in [4.78, 5) is 0. The Morgan fingerprint density at radius 2 is 0.907 bits per heavy atom. The summed E-state index contributed by atoms with van der Waals surface area (Å²) in [5.74, 6) is 0.613. The van der Waals surface area contributed by atoms with Crippen molar-refractivity contribution in [2.24, 2.45) is 0 Å². The van der Waals surface area contributed by atoms with E-state index < -0.39 is 0 Å². The van der Waals surface area contributed by atoms with Crippen LogP contribution in [0.5, 0.6) is 0 Å². The molecular formula is C42H39N. The highest BCUT2D eigenvalue weighted by Gasteiger charge is 2.11. The molecule has 1 nitrogen and oxygen atoms in total. The van der Waals surface area contributed by atoms with Crippen LogP contribution in [0.3, 0.4) is 0 Å². The van der Waals surface area contributed by atoms with Crippen molar-refractivity contribution in [1.82, 2.24) is 4.57 Å². The Balaban J connectivity index is 0.000000197. The minimum Gasteiger partial charge on any atom is -0.309 e. The summed E-state index contributed by atoms with van der Waals surface area (Å²) < 4.78 is 2.36. The SMILES string of the molecule is CCC(C)c1ccc(-c2ccc(-n3c4ccccc4c4ccccc43)cc2)cc1.Cc1ccccc1-c1ccccc1C. The number of rotatable bonds is 5. The van der Waals surface area contributed by atoms with Crippen molar-refractivity contribution < 1.29 is 0 Å². The largest absolute Gasteiger partial charge is 0.309 e. The molecular weight excluding hydrogens is 518 g/mol. The van der Waals surface area contributed by atoms with E-state index in [9.17, 15) is 0 Å². The summed E-state index contributed by atoms with van der Waals surface area (Å²) in [5, 5.41) is 2.60. The molecule has 6 aromatic carbocycles. The molecule has 0 radical (unpaired) electrons. The molecule has 0 N–H and O–H groups in total. The van der Waals surface area contributed by atoms with Crippen molar-refractivity contribution in [2.45, 2.75) is 40.0 Å². The second kappa shape index (κ2) is 12.5. The van der Waals surface area contributed by atoms with Crippen molar-refractivity contribution in [2.75, 3.05) is 0 Å². The van der Waals surface area contributed by atoms with Crippen molar-refractivity contribution >= 4 is 21.8 Å². The predicted molar refractivity (Wildman–Crippen MR) is 186 cm³/mol. The van der Waals surface area contributed by atoms with Gasteiger partial charge in [0.15, 0.2) is 0 Å². The molecule has 0 saturated heterocycles. The van der Waals surface area contributed by atoms with Gasteiger partial charge in [-0.2, -0.15) is 0 Å². The molecule has 7 rings (SSSR count). The van der Waals surface area contributed by atoms with E-state index in [0.29, 0.717) is 5.92 Å². The molecule has 0 fully saturated rings. The van der Waals surface area contributed by atoms with Gasteiger partial charge in [-0.25, -0.2) is 0 Å². The van der Waals surface area contributed by atoms with Gasteiger partial charge in [-0.05, 0) is 89.4 Å². The van der Waals surface area contributed by atoms with Crippen LogP contribution in [-0.2, 0) is 0 Å². The molecule has 1 atom stereocenters. The normalized spacial score (nSPS) is 11.7. The van der Waals surface area contributed by atoms with Gasteiger partial charge in [-0.3, -0.25) is 0 Å². The quantitative estimate of drug-likeness (QED) is 0.198. The lowest BCUT2D eigenvalue weighted by atomic mass is 9.96. The molecule has 212 valence electrons. The van der Waals surface area contributed by atoms with E-state index in [4.69, 9.17) is 0 Å². The number of benzene rings is 6. The third-order valence-electron chi connectivity index (χ3n) is 8.71. The third-order valence-corrected chi connectivity index (χ3v) is 8.71. The maximum Gasteiger partial charge on any atom is 0.0541 e. The average molecular weight is 558 g/mol. The summed E-state index contributed by atoms with van der Waals surface area (Å²) in [6.07, 6.45) is 1.17. The summed E-state index contributed by atoms with van der Waals surface area (Å²) in [6, 6.07) is 52.3. The van der Waals surface area contributed by atoms with E-state index in [1.807, 2.05) is 0 Å². The van der Waals surface area contributed by atoms with Crippen LogP contribution in [0.1, 0.15) is 42.9 Å². The van der Waals surface area contributed by atoms with Gasteiger partial charge in [0.25, 0.3) is 0 Å². The first-order valence-corrected chi connectivity index (χ1v) is 15.4. The van der Waals surface area contributed by atoms with Crippen molar-refractivity contribution in [3.8, 4) is 27.9 Å². The zero-order valence-electron chi connectivity index (χ0n) is 25.6. The fourth-order valence-corrected chi connectivity index (χ4v) is 5.99. The molecule has 1 unspecified atom stereocenters. The predicted octanol–water partition coefficient (Wildman–Crippen LogP) is 11.9. The summed E-state index contributed by atoms with van der Waals surface area (Å²) in [6.45, 7) is 8.84. The summed E-state index contributed by atoms with van der Waals surface area (Å²) >= 11 is 0. The van der Waals surface area contributed by atoms with E-state index in [1.165, 1.54) is 72.9 Å². The lowest BCUT2D eigenvalue weighted by molar-refractivity contribution is 0.734. The number of fused-ring (bicyclic) bond motifs is 3. The van der Waals surface area contributed by atoms with E-state index in [0.717, 1.165) is 0 Å². The maximum absolute atomic E-state index is 2.36. The second-order valence-corrected chi connectivity index (χ2v) is 11.5. The summed E-state index contributed by atoms with van der Waals surface area (Å²) in [7, 11) is 0. The fourth-order valence-electron chi connectivity index (χ4n) is 5.99. The molecule has 0 saturated carbocycles. The van der Waals surface area contributed by atoms with Crippen LogP contribution in [0.15, 0.2) is 146 Å². The zero-order valence-corrected chi connectivity index (χ0v) is 25.6.